The number of carboxylic acid groups (broad SMARTS) is 1. The van der Waals surface area contributed by atoms with E-state index < -0.39 is 5.97 Å². The molecule has 0 saturated heterocycles. The summed E-state index contributed by atoms with van der Waals surface area (Å²) in [6, 6.07) is 1.67. The average molecular weight is 168 g/mol. The predicted octanol–water partition coefficient (Wildman–Crippen LogP) is -0.461. The lowest BCUT2D eigenvalue weighted by molar-refractivity contribution is -0.129. The lowest BCUT2D eigenvalue weighted by Gasteiger charge is -2.03. The van der Waals surface area contributed by atoms with Gasteiger partial charge in [-0.2, -0.15) is 9.89 Å². The van der Waals surface area contributed by atoms with Gasteiger partial charge in [0.25, 0.3) is 0 Å². The molecule has 1 aromatic rings. The summed E-state index contributed by atoms with van der Waals surface area (Å²) in [5.41, 5.74) is 2.46. The predicted molar refractivity (Wildman–Crippen MR) is 42.6 cm³/mol. The Morgan fingerprint density at radius 2 is 2.50 bits per heavy atom. The number of hydrogen-bond acceptors (Lipinski definition) is 3. The summed E-state index contributed by atoms with van der Waals surface area (Å²) in [6.07, 6.45) is 3.11. The fourth-order valence-corrected chi connectivity index (χ4v) is 0.637. The summed E-state index contributed by atoms with van der Waals surface area (Å²) in [5, 5.41) is 12.3. The highest BCUT2D eigenvalue weighted by atomic mass is 16.4. The van der Waals surface area contributed by atoms with Crippen molar-refractivity contribution in [1.82, 2.24) is 9.89 Å². The quantitative estimate of drug-likeness (QED) is 0.439. The largest absolute Gasteiger partial charge is 0.475 e. The Morgan fingerprint density at radius 3 is 2.92 bits per heavy atom. The molecule has 64 valence electrons. The van der Waals surface area contributed by atoms with Crippen molar-refractivity contribution in [2.24, 2.45) is 4.99 Å². The molecule has 0 aliphatic heterocycles. The maximum atomic E-state index is 10.4. The van der Waals surface area contributed by atoms with Crippen LogP contribution in [0.1, 0.15) is 0 Å². The number of rotatable bonds is 1. The first-order valence-electron chi connectivity index (χ1n) is 3.21. The molecule has 0 saturated carbocycles. The minimum absolute atomic E-state index is 0.154. The highest BCUT2D eigenvalue weighted by Gasteiger charge is 2.06. The van der Waals surface area contributed by atoms with E-state index >= 15 is 0 Å². The number of nitrogens with one attached hydrogen (secondary N) is 1. The van der Waals surface area contributed by atoms with Crippen LogP contribution in [0.3, 0.4) is 0 Å². The summed E-state index contributed by atoms with van der Waals surface area (Å²) in [6.45, 7) is 0. The van der Waals surface area contributed by atoms with Gasteiger partial charge in [0.1, 0.15) is 0 Å². The van der Waals surface area contributed by atoms with Crippen molar-refractivity contribution in [1.29, 1.82) is 0 Å². The van der Waals surface area contributed by atoms with Gasteiger partial charge in [0, 0.05) is 13.2 Å². The summed E-state index contributed by atoms with van der Waals surface area (Å²) < 4.78 is 0. The second-order valence-corrected chi connectivity index (χ2v) is 1.94. The number of aromatic nitrogens is 2. The number of aliphatic carboxylic acids is 1. The van der Waals surface area contributed by atoms with Crippen LogP contribution in [0.4, 0.5) is 0 Å². The molecule has 0 aliphatic rings. The van der Waals surface area contributed by atoms with E-state index in [9.17, 15) is 4.79 Å². The monoisotopic (exact) mass is 168 g/mol. The lowest BCUT2D eigenvalue weighted by atomic mass is 10.6. The molecule has 0 amide bonds. The van der Waals surface area contributed by atoms with Crippen LogP contribution < -0.4 is 5.43 Å². The first kappa shape index (κ1) is 8.25. The van der Waals surface area contributed by atoms with Crippen molar-refractivity contribution >= 4 is 11.8 Å². The molecular formula is C6H8N4O2. The van der Waals surface area contributed by atoms with Crippen molar-refractivity contribution in [2.45, 2.75) is 0 Å². The fourth-order valence-electron chi connectivity index (χ4n) is 0.637. The molecule has 6 heteroatoms. The van der Waals surface area contributed by atoms with Crippen LogP contribution >= 0.6 is 0 Å². The standard InChI is InChI=1S/C6H8N4O2/c1-7-5(6(11)12)9-10-4-2-3-8-10/h2-4H,1H3,(H,7,9)(H,11,12). The summed E-state index contributed by atoms with van der Waals surface area (Å²) in [7, 11) is 1.39. The van der Waals surface area contributed by atoms with E-state index in [1.165, 1.54) is 18.0 Å². The van der Waals surface area contributed by atoms with Crippen LogP contribution in [0.5, 0.6) is 0 Å². The molecule has 6 nitrogen and oxygen atoms in total. The van der Waals surface area contributed by atoms with Gasteiger partial charge in [-0.15, -0.1) is 0 Å². The fraction of sp³-hybridized carbons (Fsp3) is 0.167. The zero-order valence-corrected chi connectivity index (χ0v) is 6.43. The average Bonchev–Trinajstić information content (AvgIpc) is 2.51. The van der Waals surface area contributed by atoms with Crippen molar-refractivity contribution in [3.05, 3.63) is 18.5 Å². The van der Waals surface area contributed by atoms with Crippen molar-refractivity contribution in [2.75, 3.05) is 12.5 Å². The molecule has 0 bridgehead atoms. The van der Waals surface area contributed by atoms with Crippen LogP contribution in [-0.4, -0.2) is 33.8 Å². The number of carboxylic acids is 1. The normalized spacial score (nSPS) is 11.2. The van der Waals surface area contributed by atoms with Crippen LogP contribution in [0, 0.1) is 0 Å². The summed E-state index contributed by atoms with van der Waals surface area (Å²) in [4.78, 5) is 15.2. The Hall–Kier alpha value is -1.85. The zero-order valence-electron chi connectivity index (χ0n) is 6.43. The number of aliphatic imine (C=N–C) groups is 1. The molecule has 1 rings (SSSR count). The van der Waals surface area contributed by atoms with E-state index in [0.29, 0.717) is 0 Å². The molecule has 12 heavy (non-hydrogen) atoms. The van der Waals surface area contributed by atoms with E-state index in [2.05, 4.69) is 15.5 Å². The number of nitrogens with zero attached hydrogens (tertiary/aromatic N) is 3. The molecular weight excluding hydrogens is 160 g/mol. The van der Waals surface area contributed by atoms with E-state index in [4.69, 9.17) is 5.11 Å². The smallest absolute Gasteiger partial charge is 0.372 e. The Labute approximate surface area is 68.5 Å². The number of amidine groups is 1. The van der Waals surface area contributed by atoms with Gasteiger partial charge >= 0.3 is 5.97 Å². The SMILES string of the molecule is CN=C(Nn1cccn1)C(=O)O. The second-order valence-electron chi connectivity index (χ2n) is 1.94. The molecule has 2 N–H and O–H groups in total. The Kier molecular flexibility index (Phi) is 2.42. The topological polar surface area (TPSA) is 79.5 Å². The number of hydrogen-bond donors (Lipinski definition) is 2. The Bertz CT molecular complexity index is 291. The van der Waals surface area contributed by atoms with Crippen LogP contribution in [-0.2, 0) is 4.79 Å². The molecule has 0 fully saturated rings. The van der Waals surface area contributed by atoms with E-state index in [-0.39, 0.29) is 5.84 Å². The molecule has 0 aromatic carbocycles. The van der Waals surface area contributed by atoms with E-state index in [0.717, 1.165) is 0 Å². The highest BCUT2D eigenvalue weighted by molar-refractivity contribution is 6.37. The molecule has 0 unspecified atom stereocenters. The van der Waals surface area contributed by atoms with Gasteiger partial charge in [-0.25, -0.2) is 4.79 Å². The van der Waals surface area contributed by atoms with Crippen LogP contribution in [0.2, 0.25) is 0 Å². The third kappa shape index (κ3) is 1.82. The maximum absolute atomic E-state index is 10.4. The van der Waals surface area contributed by atoms with Gasteiger partial charge in [-0.05, 0) is 6.07 Å². The summed E-state index contributed by atoms with van der Waals surface area (Å²) >= 11 is 0. The minimum Gasteiger partial charge on any atom is -0.475 e. The molecule has 0 spiro atoms. The second kappa shape index (κ2) is 3.51. The van der Waals surface area contributed by atoms with Crippen molar-refractivity contribution in [3.63, 3.8) is 0 Å². The molecule has 0 radical (unpaired) electrons. The van der Waals surface area contributed by atoms with E-state index in [1.807, 2.05) is 0 Å². The van der Waals surface area contributed by atoms with Crippen LogP contribution in [0.15, 0.2) is 23.5 Å². The van der Waals surface area contributed by atoms with E-state index in [1.54, 1.807) is 12.3 Å². The summed E-state index contributed by atoms with van der Waals surface area (Å²) in [5.74, 6) is -1.27. The molecule has 0 aliphatic carbocycles. The van der Waals surface area contributed by atoms with Crippen molar-refractivity contribution in [3.8, 4) is 0 Å². The van der Waals surface area contributed by atoms with Gasteiger partial charge in [0.15, 0.2) is 0 Å². The third-order valence-corrected chi connectivity index (χ3v) is 1.15. The molecule has 1 heterocycles. The highest BCUT2D eigenvalue weighted by Crippen LogP contribution is 1.81. The number of carbonyl (C=O) groups is 1. The Balaban J connectivity index is 2.68. The zero-order chi connectivity index (χ0) is 8.97. The van der Waals surface area contributed by atoms with Crippen molar-refractivity contribution < 1.29 is 9.90 Å². The first-order valence-corrected chi connectivity index (χ1v) is 3.21. The van der Waals surface area contributed by atoms with Gasteiger partial charge in [-0.3, -0.25) is 10.4 Å². The Morgan fingerprint density at radius 1 is 1.75 bits per heavy atom. The lowest BCUT2D eigenvalue weighted by Crippen LogP contribution is -2.30. The van der Waals surface area contributed by atoms with Crippen LogP contribution in [0.25, 0.3) is 0 Å². The first-order chi connectivity index (χ1) is 5.74. The van der Waals surface area contributed by atoms with Gasteiger partial charge in [-0.1, -0.05) is 0 Å². The minimum atomic E-state index is -1.12. The third-order valence-electron chi connectivity index (χ3n) is 1.15. The maximum Gasteiger partial charge on any atom is 0.372 e. The van der Waals surface area contributed by atoms with Gasteiger partial charge in [0.2, 0.25) is 5.84 Å². The molecule has 1 aromatic heterocycles. The van der Waals surface area contributed by atoms with Gasteiger partial charge in [0.05, 0.1) is 6.20 Å². The van der Waals surface area contributed by atoms with Gasteiger partial charge < -0.3 is 5.11 Å². The molecule has 0 atom stereocenters.